The Hall–Kier alpha value is 0.553. The van der Waals surface area contributed by atoms with Crippen LogP contribution in [-0.4, -0.2) is 6.29 Å². The van der Waals surface area contributed by atoms with Crippen molar-refractivity contribution in [2.75, 3.05) is 0 Å². The SMILES string of the molecule is CCCCCCCC=O.[Zr]. The van der Waals surface area contributed by atoms with Crippen LogP contribution in [0.2, 0.25) is 0 Å². The molecular formula is C8H16OZr. The molecule has 58 valence electrons. The van der Waals surface area contributed by atoms with E-state index in [1.807, 2.05) is 0 Å². The average molecular weight is 219 g/mol. The standard InChI is InChI=1S/C8H16O.Zr/c1-2-3-4-5-6-7-8-9;/h8H,2-7H2,1H3;. The quantitative estimate of drug-likeness (QED) is 0.496. The average Bonchev–Trinajstić information content (AvgIpc) is 1.89. The summed E-state index contributed by atoms with van der Waals surface area (Å²) in [6.07, 6.45) is 7.97. The van der Waals surface area contributed by atoms with Crippen molar-refractivity contribution in [3.05, 3.63) is 0 Å². The van der Waals surface area contributed by atoms with Crippen molar-refractivity contribution in [2.24, 2.45) is 0 Å². The first-order chi connectivity index (χ1) is 4.41. The van der Waals surface area contributed by atoms with Gasteiger partial charge in [0.15, 0.2) is 0 Å². The second-order valence-corrected chi connectivity index (χ2v) is 2.37. The Morgan fingerprint density at radius 1 is 1.10 bits per heavy atom. The van der Waals surface area contributed by atoms with Crippen molar-refractivity contribution >= 4 is 6.29 Å². The van der Waals surface area contributed by atoms with E-state index in [9.17, 15) is 4.79 Å². The van der Waals surface area contributed by atoms with Gasteiger partial charge in [-0.15, -0.1) is 0 Å². The van der Waals surface area contributed by atoms with Crippen LogP contribution in [0.25, 0.3) is 0 Å². The van der Waals surface area contributed by atoms with Crippen molar-refractivity contribution < 1.29 is 31.0 Å². The zero-order valence-electron chi connectivity index (χ0n) is 6.73. The second-order valence-electron chi connectivity index (χ2n) is 2.37. The second kappa shape index (κ2) is 12.3. The van der Waals surface area contributed by atoms with Crippen LogP contribution in [0.4, 0.5) is 0 Å². The van der Waals surface area contributed by atoms with Crippen LogP contribution in [0.1, 0.15) is 45.4 Å². The minimum Gasteiger partial charge on any atom is -0.303 e. The first-order valence-electron chi connectivity index (χ1n) is 3.85. The van der Waals surface area contributed by atoms with Gasteiger partial charge in [-0.1, -0.05) is 32.6 Å². The summed E-state index contributed by atoms with van der Waals surface area (Å²) in [5.74, 6) is 0. The molecule has 0 saturated heterocycles. The summed E-state index contributed by atoms with van der Waals surface area (Å²) in [5, 5.41) is 0. The third-order valence-electron chi connectivity index (χ3n) is 1.43. The molecule has 0 spiro atoms. The summed E-state index contributed by atoms with van der Waals surface area (Å²) >= 11 is 0. The summed E-state index contributed by atoms with van der Waals surface area (Å²) in [7, 11) is 0. The van der Waals surface area contributed by atoms with Crippen molar-refractivity contribution in [3.8, 4) is 0 Å². The van der Waals surface area contributed by atoms with Crippen LogP contribution in [-0.2, 0) is 31.0 Å². The molecule has 0 rings (SSSR count). The van der Waals surface area contributed by atoms with E-state index in [1.165, 1.54) is 25.7 Å². The third-order valence-corrected chi connectivity index (χ3v) is 1.43. The van der Waals surface area contributed by atoms with Gasteiger partial charge in [0.05, 0.1) is 0 Å². The number of carbonyl (C=O) groups excluding carboxylic acids is 1. The summed E-state index contributed by atoms with van der Waals surface area (Å²) in [6, 6.07) is 0. The van der Waals surface area contributed by atoms with E-state index in [0.29, 0.717) is 0 Å². The van der Waals surface area contributed by atoms with Gasteiger partial charge in [-0.2, -0.15) is 0 Å². The minimum atomic E-state index is 0. The number of hydrogen-bond acceptors (Lipinski definition) is 1. The van der Waals surface area contributed by atoms with E-state index in [0.717, 1.165) is 19.1 Å². The molecule has 0 aliphatic heterocycles. The van der Waals surface area contributed by atoms with Crippen LogP contribution in [0, 0.1) is 0 Å². The molecule has 0 saturated carbocycles. The number of hydrogen-bond donors (Lipinski definition) is 0. The van der Waals surface area contributed by atoms with E-state index >= 15 is 0 Å². The predicted octanol–water partition coefficient (Wildman–Crippen LogP) is 2.54. The van der Waals surface area contributed by atoms with Gasteiger partial charge < -0.3 is 4.79 Å². The van der Waals surface area contributed by atoms with E-state index < -0.39 is 0 Å². The largest absolute Gasteiger partial charge is 0.303 e. The summed E-state index contributed by atoms with van der Waals surface area (Å²) in [6.45, 7) is 2.19. The smallest absolute Gasteiger partial charge is 0.119 e. The molecule has 0 unspecified atom stereocenters. The molecule has 0 heterocycles. The maximum Gasteiger partial charge on any atom is 0.119 e. The summed E-state index contributed by atoms with van der Waals surface area (Å²) in [5.41, 5.74) is 0. The summed E-state index contributed by atoms with van der Waals surface area (Å²) < 4.78 is 0. The fourth-order valence-electron chi connectivity index (χ4n) is 0.831. The molecule has 10 heavy (non-hydrogen) atoms. The number of carbonyl (C=O) groups is 1. The normalized spacial score (nSPS) is 8.50. The van der Waals surface area contributed by atoms with E-state index in [1.54, 1.807) is 0 Å². The molecule has 0 amide bonds. The van der Waals surface area contributed by atoms with Gasteiger partial charge in [0.2, 0.25) is 0 Å². The van der Waals surface area contributed by atoms with Gasteiger partial charge in [-0.3, -0.25) is 0 Å². The van der Waals surface area contributed by atoms with E-state index in [2.05, 4.69) is 6.92 Å². The zero-order valence-corrected chi connectivity index (χ0v) is 9.19. The molecular weight excluding hydrogens is 203 g/mol. The van der Waals surface area contributed by atoms with Crippen LogP contribution >= 0.6 is 0 Å². The Labute approximate surface area is 82.7 Å². The van der Waals surface area contributed by atoms with Crippen molar-refractivity contribution in [1.82, 2.24) is 0 Å². The van der Waals surface area contributed by atoms with Gasteiger partial charge >= 0.3 is 0 Å². The van der Waals surface area contributed by atoms with Gasteiger partial charge in [0.25, 0.3) is 0 Å². The van der Waals surface area contributed by atoms with Crippen LogP contribution in [0.3, 0.4) is 0 Å². The molecule has 0 N–H and O–H groups in total. The first-order valence-corrected chi connectivity index (χ1v) is 3.85. The first kappa shape index (κ1) is 13.2. The maximum atomic E-state index is 9.84. The van der Waals surface area contributed by atoms with Gasteiger partial charge in [0, 0.05) is 32.6 Å². The number of aldehydes is 1. The van der Waals surface area contributed by atoms with Crippen molar-refractivity contribution in [2.45, 2.75) is 45.4 Å². The minimum absolute atomic E-state index is 0. The van der Waals surface area contributed by atoms with Crippen molar-refractivity contribution in [1.29, 1.82) is 0 Å². The fraction of sp³-hybridized carbons (Fsp3) is 0.875. The Morgan fingerprint density at radius 2 is 1.70 bits per heavy atom. The van der Waals surface area contributed by atoms with E-state index in [4.69, 9.17) is 0 Å². The van der Waals surface area contributed by atoms with E-state index in [-0.39, 0.29) is 26.2 Å². The molecule has 0 fully saturated rings. The maximum absolute atomic E-state index is 9.84. The molecule has 0 aromatic heterocycles. The Kier molecular flexibility index (Phi) is 16.1. The molecule has 0 radical (unpaired) electrons. The molecule has 0 atom stereocenters. The Morgan fingerprint density at radius 3 is 2.20 bits per heavy atom. The van der Waals surface area contributed by atoms with Crippen LogP contribution in [0.15, 0.2) is 0 Å². The van der Waals surface area contributed by atoms with Crippen LogP contribution in [0.5, 0.6) is 0 Å². The molecule has 0 aromatic carbocycles. The summed E-state index contributed by atoms with van der Waals surface area (Å²) in [4.78, 5) is 9.84. The molecule has 0 bridgehead atoms. The van der Waals surface area contributed by atoms with Gasteiger partial charge in [0.1, 0.15) is 6.29 Å². The predicted molar refractivity (Wildman–Crippen MR) is 39.4 cm³/mol. The molecule has 0 aliphatic rings. The fourth-order valence-corrected chi connectivity index (χ4v) is 0.831. The number of rotatable bonds is 6. The molecule has 0 aliphatic carbocycles. The zero-order chi connectivity index (χ0) is 6.95. The van der Waals surface area contributed by atoms with Gasteiger partial charge in [-0.05, 0) is 6.42 Å². The monoisotopic (exact) mass is 218 g/mol. The number of unbranched alkanes of at least 4 members (excludes halogenated alkanes) is 5. The Balaban J connectivity index is 0. The van der Waals surface area contributed by atoms with Crippen molar-refractivity contribution in [3.63, 3.8) is 0 Å². The molecule has 1 nitrogen and oxygen atoms in total. The molecule has 2 heteroatoms. The van der Waals surface area contributed by atoms with Gasteiger partial charge in [-0.25, -0.2) is 0 Å². The topological polar surface area (TPSA) is 17.1 Å². The Bertz CT molecular complexity index is 64.3. The third kappa shape index (κ3) is 11.4. The molecule has 0 aromatic rings. The van der Waals surface area contributed by atoms with Crippen LogP contribution < -0.4 is 0 Å².